The lowest BCUT2D eigenvalue weighted by molar-refractivity contribution is -0.120. The smallest absolute Gasteiger partial charge is 0.225 e. The SMILES string of the molecule is N#CC1=C(S)NC(=O)C[C@@H]1c1ccco1. The molecule has 0 saturated heterocycles. The van der Waals surface area contributed by atoms with E-state index in [9.17, 15) is 4.79 Å². The highest BCUT2D eigenvalue weighted by Gasteiger charge is 2.29. The van der Waals surface area contributed by atoms with E-state index < -0.39 is 0 Å². The number of hydrogen-bond acceptors (Lipinski definition) is 4. The van der Waals surface area contributed by atoms with Gasteiger partial charge in [-0.25, -0.2) is 0 Å². The number of amides is 1. The molecule has 1 amide bonds. The summed E-state index contributed by atoms with van der Waals surface area (Å²) < 4.78 is 5.20. The predicted molar refractivity (Wildman–Crippen MR) is 55.8 cm³/mol. The van der Waals surface area contributed by atoms with Crippen LogP contribution in [0.1, 0.15) is 18.1 Å². The fourth-order valence-electron chi connectivity index (χ4n) is 1.57. The van der Waals surface area contributed by atoms with Gasteiger partial charge >= 0.3 is 0 Å². The van der Waals surface area contributed by atoms with Crippen molar-refractivity contribution in [1.29, 1.82) is 5.26 Å². The molecule has 0 spiro atoms. The van der Waals surface area contributed by atoms with E-state index in [-0.39, 0.29) is 18.2 Å². The molecule has 0 bridgehead atoms. The number of rotatable bonds is 1. The summed E-state index contributed by atoms with van der Waals surface area (Å²) in [5.74, 6) is 0.152. The van der Waals surface area contributed by atoms with Crippen molar-refractivity contribution in [3.63, 3.8) is 0 Å². The number of nitriles is 1. The van der Waals surface area contributed by atoms with Crippen LogP contribution in [-0.4, -0.2) is 5.91 Å². The number of carbonyl (C=O) groups excluding carboxylic acids is 1. The summed E-state index contributed by atoms with van der Waals surface area (Å²) in [7, 11) is 0. The predicted octanol–water partition coefficient (Wildman–Crippen LogP) is 1.55. The van der Waals surface area contributed by atoms with Gasteiger partial charge in [-0.3, -0.25) is 4.79 Å². The molecule has 0 aromatic carbocycles. The molecule has 0 aliphatic carbocycles. The van der Waals surface area contributed by atoms with Crippen molar-refractivity contribution in [2.75, 3.05) is 0 Å². The van der Waals surface area contributed by atoms with Crippen LogP contribution >= 0.6 is 12.6 Å². The van der Waals surface area contributed by atoms with E-state index >= 15 is 0 Å². The lowest BCUT2D eigenvalue weighted by Crippen LogP contribution is -2.29. The zero-order valence-corrected chi connectivity index (χ0v) is 8.62. The number of thiol groups is 1. The van der Waals surface area contributed by atoms with E-state index in [0.717, 1.165) is 0 Å². The Hall–Kier alpha value is -1.67. The number of carbonyl (C=O) groups is 1. The number of nitrogens with zero attached hydrogens (tertiary/aromatic N) is 1. The molecule has 76 valence electrons. The van der Waals surface area contributed by atoms with Gasteiger partial charge in [0.15, 0.2) is 0 Å². The van der Waals surface area contributed by atoms with Gasteiger partial charge in [0.2, 0.25) is 5.91 Å². The van der Waals surface area contributed by atoms with Gasteiger partial charge in [-0.1, -0.05) is 0 Å². The van der Waals surface area contributed by atoms with E-state index in [0.29, 0.717) is 16.4 Å². The Labute approximate surface area is 92.0 Å². The van der Waals surface area contributed by atoms with Gasteiger partial charge < -0.3 is 9.73 Å². The van der Waals surface area contributed by atoms with E-state index in [2.05, 4.69) is 17.9 Å². The summed E-state index contributed by atoms with van der Waals surface area (Å²) in [6.07, 6.45) is 1.75. The molecular weight excluding hydrogens is 212 g/mol. The maximum Gasteiger partial charge on any atom is 0.225 e. The highest BCUT2D eigenvalue weighted by molar-refractivity contribution is 7.84. The molecule has 1 atom stereocenters. The monoisotopic (exact) mass is 220 g/mol. The first-order chi connectivity index (χ1) is 7.22. The fourth-order valence-corrected chi connectivity index (χ4v) is 1.90. The third kappa shape index (κ3) is 1.76. The van der Waals surface area contributed by atoms with E-state index in [1.165, 1.54) is 6.26 Å². The normalized spacial score (nSPS) is 21.1. The van der Waals surface area contributed by atoms with Crippen LogP contribution in [0.25, 0.3) is 0 Å². The summed E-state index contributed by atoms with van der Waals surface area (Å²) in [5.41, 5.74) is 0.438. The molecule has 0 saturated carbocycles. The first-order valence-corrected chi connectivity index (χ1v) is 4.83. The summed E-state index contributed by atoms with van der Waals surface area (Å²) in [6.45, 7) is 0. The quantitative estimate of drug-likeness (QED) is 0.706. The van der Waals surface area contributed by atoms with Crippen LogP contribution in [0.4, 0.5) is 0 Å². The Morgan fingerprint density at radius 3 is 3.07 bits per heavy atom. The Kier molecular flexibility index (Phi) is 2.52. The number of allylic oxidation sites excluding steroid dienone is 1. The second-order valence-electron chi connectivity index (χ2n) is 3.19. The Morgan fingerprint density at radius 2 is 2.47 bits per heavy atom. The average Bonchev–Trinajstić information content (AvgIpc) is 2.69. The first-order valence-electron chi connectivity index (χ1n) is 4.39. The maximum absolute atomic E-state index is 11.3. The molecule has 0 unspecified atom stereocenters. The van der Waals surface area contributed by atoms with Crippen LogP contribution in [0.3, 0.4) is 0 Å². The molecule has 0 fully saturated rings. The molecule has 1 aromatic rings. The second-order valence-corrected chi connectivity index (χ2v) is 3.64. The van der Waals surface area contributed by atoms with Gasteiger partial charge in [-0.2, -0.15) is 5.26 Å². The standard InChI is InChI=1S/C10H8N2O2S/c11-5-7-6(8-2-1-3-14-8)4-9(13)12-10(7)15/h1-3,6,15H,4H2,(H,12,13)/t6-/m0/s1. The molecule has 2 heterocycles. The molecule has 0 radical (unpaired) electrons. The first kappa shape index (κ1) is 9.87. The Balaban J connectivity index is 2.43. The minimum absolute atomic E-state index is 0.152. The Morgan fingerprint density at radius 1 is 1.67 bits per heavy atom. The average molecular weight is 220 g/mol. The zero-order valence-electron chi connectivity index (χ0n) is 7.73. The van der Waals surface area contributed by atoms with Crippen molar-refractivity contribution in [3.8, 4) is 6.07 Å². The Bertz CT molecular complexity index is 456. The van der Waals surface area contributed by atoms with Gasteiger partial charge in [0.25, 0.3) is 0 Å². The molecule has 5 heteroatoms. The molecule has 1 aromatic heterocycles. The largest absolute Gasteiger partial charge is 0.469 e. The molecular formula is C10H8N2O2S. The minimum atomic E-state index is -0.314. The molecule has 1 N–H and O–H groups in total. The van der Waals surface area contributed by atoms with Crippen LogP contribution < -0.4 is 5.32 Å². The van der Waals surface area contributed by atoms with Crippen molar-refractivity contribution in [2.24, 2.45) is 0 Å². The summed E-state index contributed by atoms with van der Waals surface area (Å²) in [5, 5.41) is 11.8. The van der Waals surface area contributed by atoms with Gasteiger partial charge in [-0.05, 0) is 12.1 Å². The number of hydrogen-bond donors (Lipinski definition) is 2. The third-order valence-electron chi connectivity index (χ3n) is 2.26. The highest BCUT2D eigenvalue weighted by Crippen LogP contribution is 2.33. The van der Waals surface area contributed by atoms with Gasteiger partial charge in [0, 0.05) is 6.42 Å². The second kappa shape index (κ2) is 3.83. The van der Waals surface area contributed by atoms with Crippen molar-refractivity contribution >= 4 is 18.5 Å². The lowest BCUT2D eigenvalue weighted by atomic mass is 9.92. The van der Waals surface area contributed by atoms with Crippen molar-refractivity contribution in [2.45, 2.75) is 12.3 Å². The van der Waals surface area contributed by atoms with E-state index in [4.69, 9.17) is 9.68 Å². The van der Waals surface area contributed by atoms with E-state index in [1.54, 1.807) is 12.1 Å². The third-order valence-corrected chi connectivity index (χ3v) is 2.61. The summed E-state index contributed by atoms with van der Waals surface area (Å²) in [4.78, 5) is 11.3. The number of furan rings is 1. The van der Waals surface area contributed by atoms with Gasteiger partial charge in [0.1, 0.15) is 5.76 Å². The maximum atomic E-state index is 11.3. The molecule has 15 heavy (non-hydrogen) atoms. The molecule has 1 aliphatic rings. The molecule has 4 nitrogen and oxygen atoms in total. The highest BCUT2D eigenvalue weighted by atomic mass is 32.1. The van der Waals surface area contributed by atoms with Crippen molar-refractivity contribution < 1.29 is 9.21 Å². The zero-order chi connectivity index (χ0) is 10.8. The van der Waals surface area contributed by atoms with Crippen LogP contribution in [0.5, 0.6) is 0 Å². The summed E-state index contributed by atoms with van der Waals surface area (Å²) in [6, 6.07) is 5.52. The molecule has 2 rings (SSSR count). The fraction of sp³-hybridized carbons (Fsp3) is 0.200. The van der Waals surface area contributed by atoms with Crippen LogP contribution in [0.15, 0.2) is 33.4 Å². The van der Waals surface area contributed by atoms with Crippen molar-refractivity contribution in [3.05, 3.63) is 34.8 Å². The van der Waals surface area contributed by atoms with E-state index in [1.807, 2.05) is 6.07 Å². The van der Waals surface area contributed by atoms with Crippen LogP contribution in [-0.2, 0) is 4.79 Å². The summed E-state index contributed by atoms with van der Waals surface area (Å²) >= 11 is 4.07. The van der Waals surface area contributed by atoms with Gasteiger partial charge in [0.05, 0.1) is 28.9 Å². The van der Waals surface area contributed by atoms with Gasteiger partial charge in [-0.15, -0.1) is 12.6 Å². The van der Waals surface area contributed by atoms with Crippen molar-refractivity contribution in [1.82, 2.24) is 5.32 Å². The topological polar surface area (TPSA) is 66.0 Å². The van der Waals surface area contributed by atoms with Crippen LogP contribution in [0, 0.1) is 11.3 Å². The lowest BCUT2D eigenvalue weighted by Gasteiger charge is -2.20. The van der Waals surface area contributed by atoms with Crippen LogP contribution in [0.2, 0.25) is 0 Å². The minimum Gasteiger partial charge on any atom is -0.469 e. The number of nitrogens with one attached hydrogen (secondary N) is 1. The molecule has 1 aliphatic heterocycles.